The summed E-state index contributed by atoms with van der Waals surface area (Å²) in [6.45, 7) is 0.418. The van der Waals surface area contributed by atoms with Crippen molar-refractivity contribution >= 4 is 27.0 Å². The zero-order valence-corrected chi connectivity index (χ0v) is 11.4. The minimum absolute atomic E-state index is 0.418. The molecule has 0 fully saturated rings. The standard InChI is InChI=1S/C12H12BrN5/c1-18-10(5-14)17-12(13)11(18)7-2-3-8-9(4-7)16-6-15-8/h2-4,6H,5,14H2,1H3,(H,15,16). The van der Waals surface area contributed by atoms with E-state index in [0.717, 1.165) is 32.7 Å². The second-order valence-corrected chi connectivity index (χ2v) is 4.82. The van der Waals surface area contributed by atoms with Gasteiger partial charge in [0.05, 0.1) is 29.6 Å². The Morgan fingerprint density at radius 2 is 2.28 bits per heavy atom. The predicted molar refractivity (Wildman–Crippen MR) is 73.9 cm³/mol. The quantitative estimate of drug-likeness (QED) is 0.762. The van der Waals surface area contributed by atoms with Crippen LogP contribution >= 0.6 is 15.9 Å². The molecule has 0 saturated heterocycles. The van der Waals surface area contributed by atoms with Gasteiger partial charge in [-0.3, -0.25) is 0 Å². The van der Waals surface area contributed by atoms with Gasteiger partial charge in [-0.1, -0.05) is 6.07 Å². The number of imidazole rings is 2. The van der Waals surface area contributed by atoms with Crippen LogP contribution < -0.4 is 5.73 Å². The van der Waals surface area contributed by atoms with Crippen molar-refractivity contribution in [1.82, 2.24) is 19.5 Å². The van der Waals surface area contributed by atoms with Gasteiger partial charge >= 0.3 is 0 Å². The fraction of sp³-hybridized carbons (Fsp3) is 0.167. The highest BCUT2D eigenvalue weighted by atomic mass is 79.9. The molecule has 18 heavy (non-hydrogen) atoms. The number of nitrogens with one attached hydrogen (secondary N) is 1. The molecule has 0 unspecified atom stereocenters. The molecule has 2 heterocycles. The maximum absolute atomic E-state index is 5.66. The summed E-state index contributed by atoms with van der Waals surface area (Å²) in [4.78, 5) is 11.7. The minimum atomic E-state index is 0.418. The molecule has 2 aromatic heterocycles. The molecule has 0 atom stereocenters. The predicted octanol–water partition coefficient (Wildman–Crippen LogP) is 2.18. The van der Waals surface area contributed by atoms with Crippen LogP contribution in [-0.4, -0.2) is 19.5 Å². The monoisotopic (exact) mass is 305 g/mol. The molecule has 3 rings (SSSR count). The number of aromatic amines is 1. The largest absolute Gasteiger partial charge is 0.345 e. The third-order valence-electron chi connectivity index (χ3n) is 3.02. The van der Waals surface area contributed by atoms with Gasteiger partial charge in [0.15, 0.2) is 0 Å². The van der Waals surface area contributed by atoms with Crippen molar-refractivity contribution in [3.8, 4) is 11.3 Å². The summed E-state index contributed by atoms with van der Waals surface area (Å²) in [6, 6.07) is 6.08. The Bertz CT molecular complexity index is 712. The number of H-pyrrole nitrogens is 1. The van der Waals surface area contributed by atoms with Crippen LogP contribution in [0.3, 0.4) is 0 Å². The smallest absolute Gasteiger partial charge is 0.132 e. The third kappa shape index (κ3) is 1.65. The van der Waals surface area contributed by atoms with E-state index in [9.17, 15) is 0 Å². The van der Waals surface area contributed by atoms with Crippen molar-refractivity contribution in [2.75, 3.05) is 0 Å². The Morgan fingerprint density at radius 3 is 3.00 bits per heavy atom. The number of aromatic nitrogens is 4. The topological polar surface area (TPSA) is 72.5 Å². The summed E-state index contributed by atoms with van der Waals surface area (Å²) >= 11 is 3.49. The number of halogens is 1. The lowest BCUT2D eigenvalue weighted by Gasteiger charge is -2.05. The molecular formula is C12H12BrN5. The van der Waals surface area contributed by atoms with E-state index in [1.807, 2.05) is 23.7 Å². The Hall–Kier alpha value is -1.66. The van der Waals surface area contributed by atoms with Gasteiger partial charge in [-0.15, -0.1) is 0 Å². The highest BCUT2D eigenvalue weighted by molar-refractivity contribution is 9.10. The number of nitrogens with two attached hydrogens (primary N) is 1. The molecule has 6 heteroatoms. The first kappa shape index (κ1) is 11.4. The van der Waals surface area contributed by atoms with Gasteiger partial charge in [-0.05, 0) is 28.1 Å². The summed E-state index contributed by atoms with van der Waals surface area (Å²) in [6.07, 6.45) is 1.69. The second kappa shape index (κ2) is 4.22. The molecule has 0 amide bonds. The second-order valence-electron chi connectivity index (χ2n) is 4.07. The van der Waals surface area contributed by atoms with Gasteiger partial charge in [0, 0.05) is 12.6 Å². The summed E-state index contributed by atoms with van der Waals surface area (Å²) in [5.41, 5.74) is 9.73. The summed E-state index contributed by atoms with van der Waals surface area (Å²) < 4.78 is 2.81. The third-order valence-corrected chi connectivity index (χ3v) is 3.57. The van der Waals surface area contributed by atoms with Crippen molar-refractivity contribution < 1.29 is 0 Å². The van der Waals surface area contributed by atoms with Crippen molar-refractivity contribution in [1.29, 1.82) is 0 Å². The highest BCUT2D eigenvalue weighted by Crippen LogP contribution is 2.29. The Balaban J connectivity index is 2.21. The van der Waals surface area contributed by atoms with E-state index < -0.39 is 0 Å². The molecule has 3 aromatic rings. The summed E-state index contributed by atoms with van der Waals surface area (Å²) in [5.74, 6) is 0.849. The van der Waals surface area contributed by atoms with Crippen LogP contribution in [0, 0.1) is 0 Å². The van der Waals surface area contributed by atoms with Gasteiger partial charge < -0.3 is 15.3 Å². The lowest BCUT2D eigenvalue weighted by molar-refractivity contribution is 0.799. The first-order chi connectivity index (χ1) is 8.70. The molecule has 0 aliphatic rings. The molecule has 0 bridgehead atoms. The normalized spacial score (nSPS) is 11.3. The zero-order chi connectivity index (χ0) is 12.7. The fourth-order valence-corrected chi connectivity index (χ4v) is 2.79. The van der Waals surface area contributed by atoms with Crippen molar-refractivity contribution in [2.24, 2.45) is 12.8 Å². The van der Waals surface area contributed by atoms with Crippen LogP contribution in [0.2, 0.25) is 0 Å². The average Bonchev–Trinajstić information content (AvgIpc) is 2.93. The molecule has 0 aliphatic heterocycles. The van der Waals surface area contributed by atoms with Gasteiger partial charge in [-0.25, -0.2) is 9.97 Å². The van der Waals surface area contributed by atoms with E-state index >= 15 is 0 Å². The molecule has 92 valence electrons. The number of nitrogens with zero attached hydrogens (tertiary/aromatic N) is 3. The van der Waals surface area contributed by atoms with Crippen molar-refractivity contribution in [2.45, 2.75) is 6.54 Å². The Kier molecular flexibility index (Phi) is 2.68. The molecule has 1 aromatic carbocycles. The van der Waals surface area contributed by atoms with Crippen LogP contribution in [0.15, 0.2) is 29.1 Å². The average molecular weight is 306 g/mol. The van der Waals surface area contributed by atoms with Gasteiger partial charge in [0.2, 0.25) is 0 Å². The first-order valence-electron chi connectivity index (χ1n) is 5.55. The number of hydrogen-bond acceptors (Lipinski definition) is 3. The maximum Gasteiger partial charge on any atom is 0.132 e. The molecule has 5 nitrogen and oxygen atoms in total. The molecule has 0 aliphatic carbocycles. The van der Waals surface area contributed by atoms with Crippen LogP contribution in [0.5, 0.6) is 0 Å². The Morgan fingerprint density at radius 1 is 1.44 bits per heavy atom. The summed E-state index contributed by atoms with van der Waals surface area (Å²) in [7, 11) is 1.96. The lowest BCUT2D eigenvalue weighted by atomic mass is 10.1. The first-order valence-corrected chi connectivity index (χ1v) is 6.34. The maximum atomic E-state index is 5.66. The Labute approximate surface area is 112 Å². The van der Waals surface area contributed by atoms with Crippen LogP contribution in [0.4, 0.5) is 0 Å². The number of fused-ring (bicyclic) bond motifs is 1. The highest BCUT2D eigenvalue weighted by Gasteiger charge is 2.14. The molecule has 0 spiro atoms. The van der Waals surface area contributed by atoms with Crippen LogP contribution in [0.25, 0.3) is 22.3 Å². The minimum Gasteiger partial charge on any atom is -0.345 e. The van der Waals surface area contributed by atoms with Gasteiger partial charge in [0.25, 0.3) is 0 Å². The van der Waals surface area contributed by atoms with E-state index in [1.165, 1.54) is 0 Å². The molecular weight excluding hydrogens is 294 g/mol. The van der Waals surface area contributed by atoms with Crippen LogP contribution in [0.1, 0.15) is 5.82 Å². The number of rotatable bonds is 2. The van der Waals surface area contributed by atoms with Crippen molar-refractivity contribution in [3.05, 3.63) is 35.0 Å². The van der Waals surface area contributed by atoms with Crippen LogP contribution in [-0.2, 0) is 13.6 Å². The van der Waals surface area contributed by atoms with E-state index in [2.05, 4.69) is 36.9 Å². The van der Waals surface area contributed by atoms with E-state index in [0.29, 0.717) is 6.54 Å². The molecule has 0 radical (unpaired) electrons. The lowest BCUT2D eigenvalue weighted by Crippen LogP contribution is -2.05. The molecule has 0 saturated carbocycles. The zero-order valence-electron chi connectivity index (χ0n) is 9.81. The van der Waals surface area contributed by atoms with Gasteiger partial charge in [0.1, 0.15) is 10.4 Å². The van der Waals surface area contributed by atoms with E-state index in [4.69, 9.17) is 5.73 Å². The van der Waals surface area contributed by atoms with Gasteiger partial charge in [-0.2, -0.15) is 0 Å². The fourth-order valence-electron chi connectivity index (χ4n) is 2.09. The SMILES string of the molecule is Cn1c(CN)nc(Br)c1-c1ccc2nc[nH]c2c1. The number of hydrogen-bond donors (Lipinski definition) is 2. The van der Waals surface area contributed by atoms with Crippen molar-refractivity contribution in [3.63, 3.8) is 0 Å². The number of benzene rings is 1. The van der Waals surface area contributed by atoms with E-state index in [1.54, 1.807) is 6.33 Å². The molecule has 3 N–H and O–H groups in total. The summed E-state index contributed by atoms with van der Waals surface area (Å²) in [5, 5.41) is 0. The van der Waals surface area contributed by atoms with E-state index in [-0.39, 0.29) is 0 Å².